The highest BCUT2D eigenvalue weighted by Gasteiger charge is 2.30. The van der Waals surface area contributed by atoms with Crippen LogP contribution in [-0.2, 0) is 5.41 Å². The van der Waals surface area contributed by atoms with E-state index in [1.54, 1.807) is 11.3 Å². The van der Waals surface area contributed by atoms with Crippen LogP contribution in [0.5, 0.6) is 0 Å². The number of carboxylic acid groups (broad SMARTS) is 1. The second-order valence-electron chi connectivity index (χ2n) is 6.18. The number of hydrogen-bond donors (Lipinski definition) is 1. The Labute approximate surface area is 107 Å². The van der Waals surface area contributed by atoms with Gasteiger partial charge in [0.05, 0.1) is 0 Å². The first-order valence-corrected chi connectivity index (χ1v) is 6.48. The van der Waals surface area contributed by atoms with E-state index in [0.717, 1.165) is 5.00 Å². The fraction of sp³-hybridized carbons (Fsp3) is 0.615. The average molecular weight is 255 g/mol. The molecule has 0 fully saturated rings. The molecule has 0 unspecified atom stereocenters. The Bertz CT molecular complexity index is 410. The first-order valence-electron chi connectivity index (χ1n) is 5.67. The van der Waals surface area contributed by atoms with Crippen molar-refractivity contribution in [3.05, 3.63) is 17.0 Å². The molecule has 0 aliphatic heterocycles. The van der Waals surface area contributed by atoms with Gasteiger partial charge in [-0.15, -0.1) is 11.3 Å². The van der Waals surface area contributed by atoms with Crippen molar-refractivity contribution in [2.75, 3.05) is 4.90 Å². The van der Waals surface area contributed by atoms with E-state index >= 15 is 0 Å². The lowest BCUT2D eigenvalue weighted by molar-refractivity contribution is 0.196. The number of hydrogen-bond acceptors (Lipinski definition) is 2. The van der Waals surface area contributed by atoms with Gasteiger partial charge in [0.15, 0.2) is 0 Å². The molecule has 1 rings (SSSR count). The summed E-state index contributed by atoms with van der Waals surface area (Å²) in [5.41, 5.74) is -0.364. The van der Waals surface area contributed by atoms with E-state index in [1.807, 2.05) is 32.9 Å². The second kappa shape index (κ2) is 4.33. The summed E-state index contributed by atoms with van der Waals surface area (Å²) in [6.45, 7) is 12.1. The molecular formula is C13H21NO2S. The average Bonchev–Trinajstić information content (AvgIpc) is 2.47. The maximum Gasteiger partial charge on any atom is 0.412 e. The van der Waals surface area contributed by atoms with E-state index in [9.17, 15) is 9.90 Å². The van der Waals surface area contributed by atoms with Gasteiger partial charge >= 0.3 is 6.09 Å². The predicted molar refractivity (Wildman–Crippen MR) is 73.3 cm³/mol. The van der Waals surface area contributed by atoms with Gasteiger partial charge < -0.3 is 5.11 Å². The Balaban J connectivity index is 3.14. The lowest BCUT2D eigenvalue weighted by Crippen LogP contribution is -2.44. The van der Waals surface area contributed by atoms with E-state index in [0.29, 0.717) is 0 Å². The lowest BCUT2D eigenvalue weighted by Gasteiger charge is -2.31. The number of nitrogens with zero attached hydrogens (tertiary/aromatic N) is 1. The number of thiophene rings is 1. The Kier molecular flexibility index (Phi) is 3.58. The van der Waals surface area contributed by atoms with Crippen LogP contribution in [0.4, 0.5) is 9.80 Å². The van der Waals surface area contributed by atoms with Crippen molar-refractivity contribution in [2.24, 2.45) is 0 Å². The number of anilines is 1. The van der Waals surface area contributed by atoms with Crippen LogP contribution in [0.2, 0.25) is 0 Å². The summed E-state index contributed by atoms with van der Waals surface area (Å²) >= 11 is 1.55. The highest BCUT2D eigenvalue weighted by atomic mass is 32.1. The topological polar surface area (TPSA) is 40.5 Å². The Morgan fingerprint density at radius 2 is 1.71 bits per heavy atom. The third kappa shape index (κ3) is 3.22. The predicted octanol–water partition coefficient (Wildman–Crippen LogP) is 4.33. The monoisotopic (exact) mass is 255 g/mol. The van der Waals surface area contributed by atoms with Gasteiger partial charge in [0.2, 0.25) is 0 Å². The van der Waals surface area contributed by atoms with Crippen molar-refractivity contribution in [1.82, 2.24) is 0 Å². The molecule has 0 aliphatic rings. The summed E-state index contributed by atoms with van der Waals surface area (Å²) in [7, 11) is 0. The van der Waals surface area contributed by atoms with Crippen molar-refractivity contribution in [2.45, 2.75) is 52.5 Å². The summed E-state index contributed by atoms with van der Waals surface area (Å²) in [6, 6.07) is 3.91. The maximum absolute atomic E-state index is 11.3. The zero-order valence-electron chi connectivity index (χ0n) is 11.4. The van der Waals surface area contributed by atoms with Gasteiger partial charge in [-0.1, -0.05) is 20.8 Å². The number of carbonyl (C=O) groups is 1. The summed E-state index contributed by atoms with van der Waals surface area (Å²) in [4.78, 5) is 14.0. The molecule has 1 aromatic heterocycles. The van der Waals surface area contributed by atoms with Crippen LogP contribution in [0.3, 0.4) is 0 Å². The molecule has 0 bridgehead atoms. The third-order valence-electron chi connectivity index (χ3n) is 2.41. The minimum atomic E-state index is -0.903. The molecular weight excluding hydrogens is 234 g/mol. The maximum atomic E-state index is 11.3. The summed E-state index contributed by atoms with van der Waals surface area (Å²) < 4.78 is 0. The van der Waals surface area contributed by atoms with E-state index in [4.69, 9.17) is 0 Å². The van der Waals surface area contributed by atoms with Gasteiger partial charge in [0.1, 0.15) is 5.00 Å². The summed E-state index contributed by atoms with van der Waals surface area (Å²) in [5.74, 6) is 0. The van der Waals surface area contributed by atoms with E-state index in [-0.39, 0.29) is 5.41 Å². The molecule has 0 aromatic carbocycles. The molecule has 1 heterocycles. The molecule has 0 saturated carbocycles. The molecule has 3 nitrogen and oxygen atoms in total. The first kappa shape index (κ1) is 14.0. The Morgan fingerprint density at radius 1 is 1.18 bits per heavy atom. The smallest absolute Gasteiger partial charge is 0.412 e. The van der Waals surface area contributed by atoms with Crippen molar-refractivity contribution >= 4 is 22.4 Å². The van der Waals surface area contributed by atoms with Gasteiger partial charge in [-0.05, 0) is 38.3 Å². The largest absolute Gasteiger partial charge is 0.465 e. The minimum Gasteiger partial charge on any atom is -0.465 e. The fourth-order valence-electron chi connectivity index (χ4n) is 1.56. The number of rotatable bonds is 1. The van der Waals surface area contributed by atoms with E-state index in [2.05, 4.69) is 20.8 Å². The summed E-state index contributed by atoms with van der Waals surface area (Å²) in [6.07, 6.45) is -0.903. The van der Waals surface area contributed by atoms with Gasteiger partial charge in [0.25, 0.3) is 0 Å². The molecule has 0 aliphatic carbocycles. The molecule has 0 spiro atoms. The van der Waals surface area contributed by atoms with Crippen LogP contribution in [0.25, 0.3) is 0 Å². The Morgan fingerprint density at radius 3 is 2.00 bits per heavy atom. The normalized spacial score (nSPS) is 12.6. The standard InChI is InChI=1S/C13H21NO2S/c1-12(2,3)9-7-8-10(17-9)14(11(15)16)13(4,5)6/h7-8H,1-6H3,(H,15,16). The van der Waals surface area contributed by atoms with Crippen LogP contribution in [0, 0.1) is 0 Å². The zero-order valence-corrected chi connectivity index (χ0v) is 12.2. The van der Waals surface area contributed by atoms with Crippen LogP contribution < -0.4 is 4.90 Å². The first-order chi connectivity index (χ1) is 7.53. The van der Waals surface area contributed by atoms with Crippen molar-refractivity contribution < 1.29 is 9.90 Å². The SMILES string of the molecule is CC(C)(C)c1ccc(N(C(=O)O)C(C)(C)C)s1. The zero-order chi connectivity index (χ0) is 13.4. The van der Waals surface area contributed by atoms with Gasteiger partial charge in [0, 0.05) is 10.4 Å². The molecule has 1 N–H and O–H groups in total. The number of amides is 1. The molecule has 1 amide bonds. The van der Waals surface area contributed by atoms with Crippen molar-refractivity contribution in [3.63, 3.8) is 0 Å². The van der Waals surface area contributed by atoms with E-state index < -0.39 is 11.6 Å². The van der Waals surface area contributed by atoms with Crippen LogP contribution >= 0.6 is 11.3 Å². The van der Waals surface area contributed by atoms with Gasteiger partial charge in [-0.3, -0.25) is 4.90 Å². The van der Waals surface area contributed by atoms with Crippen molar-refractivity contribution in [1.29, 1.82) is 0 Å². The van der Waals surface area contributed by atoms with Crippen LogP contribution in [0.1, 0.15) is 46.4 Å². The highest BCUT2D eigenvalue weighted by molar-refractivity contribution is 7.16. The minimum absolute atomic E-state index is 0.0605. The van der Waals surface area contributed by atoms with Gasteiger partial charge in [-0.25, -0.2) is 4.79 Å². The molecule has 0 atom stereocenters. The molecule has 1 aromatic rings. The Hall–Kier alpha value is -1.03. The lowest BCUT2D eigenvalue weighted by atomic mass is 9.95. The van der Waals surface area contributed by atoms with Crippen LogP contribution in [0.15, 0.2) is 12.1 Å². The second-order valence-corrected chi connectivity index (χ2v) is 7.24. The molecule has 17 heavy (non-hydrogen) atoms. The fourth-order valence-corrected chi connectivity index (χ4v) is 2.81. The molecule has 4 heteroatoms. The van der Waals surface area contributed by atoms with E-state index in [1.165, 1.54) is 9.78 Å². The van der Waals surface area contributed by atoms with Crippen molar-refractivity contribution in [3.8, 4) is 0 Å². The molecule has 96 valence electrons. The summed E-state index contributed by atoms with van der Waals surface area (Å²) in [5, 5.41) is 10.1. The third-order valence-corrected chi connectivity index (χ3v) is 3.91. The molecule has 0 radical (unpaired) electrons. The quantitative estimate of drug-likeness (QED) is 0.811. The van der Waals surface area contributed by atoms with Gasteiger partial charge in [-0.2, -0.15) is 0 Å². The van der Waals surface area contributed by atoms with Crippen LogP contribution in [-0.4, -0.2) is 16.7 Å². The molecule has 0 saturated heterocycles. The highest BCUT2D eigenvalue weighted by Crippen LogP contribution is 2.36.